The number of hydrogen-bond acceptors (Lipinski definition) is 2. The van der Waals surface area contributed by atoms with Crippen LogP contribution in [0.15, 0.2) is 24.3 Å². The number of benzene rings is 1. The molecule has 112 valence electrons. The predicted octanol–water partition coefficient (Wildman–Crippen LogP) is 2.48. The Labute approximate surface area is 115 Å². The van der Waals surface area contributed by atoms with Gasteiger partial charge in [-0.3, -0.25) is 4.79 Å². The molecule has 6 heteroatoms. The summed E-state index contributed by atoms with van der Waals surface area (Å²) in [5, 5.41) is 11.6. The molecule has 0 bridgehead atoms. The molecular weight excluding hydrogens is 271 g/mol. The largest absolute Gasteiger partial charge is 0.416 e. The van der Waals surface area contributed by atoms with Crippen LogP contribution in [-0.2, 0) is 16.4 Å². The van der Waals surface area contributed by atoms with E-state index in [9.17, 15) is 18.0 Å². The van der Waals surface area contributed by atoms with Crippen molar-refractivity contribution < 1.29 is 23.1 Å². The number of aliphatic hydroxyl groups excluding tert-OH is 1. The Morgan fingerprint density at radius 2 is 1.65 bits per heavy atom. The number of alkyl halides is 3. The van der Waals surface area contributed by atoms with Crippen molar-refractivity contribution in [2.45, 2.75) is 38.5 Å². The molecule has 20 heavy (non-hydrogen) atoms. The number of carbonyl (C=O) groups excluding carboxylic acids is 1. The summed E-state index contributed by atoms with van der Waals surface area (Å²) in [6.45, 7) is 5.18. The van der Waals surface area contributed by atoms with E-state index in [0.717, 1.165) is 12.1 Å². The van der Waals surface area contributed by atoms with Crippen LogP contribution in [0.5, 0.6) is 0 Å². The molecule has 0 aliphatic heterocycles. The molecule has 0 spiro atoms. The molecule has 3 nitrogen and oxygen atoms in total. The van der Waals surface area contributed by atoms with Crippen molar-refractivity contribution in [2.75, 3.05) is 6.54 Å². The van der Waals surface area contributed by atoms with Gasteiger partial charge in [-0.25, -0.2) is 0 Å². The lowest BCUT2D eigenvalue weighted by Gasteiger charge is -2.26. The monoisotopic (exact) mass is 289 g/mol. The third kappa shape index (κ3) is 4.23. The number of aliphatic hydroxyl groups is 1. The van der Waals surface area contributed by atoms with Crippen LogP contribution in [0.3, 0.4) is 0 Å². The number of nitrogens with one attached hydrogen (secondary N) is 1. The van der Waals surface area contributed by atoms with Crippen LogP contribution >= 0.6 is 0 Å². The number of halogens is 3. The van der Waals surface area contributed by atoms with Crippen molar-refractivity contribution >= 4 is 5.91 Å². The van der Waals surface area contributed by atoms with Gasteiger partial charge < -0.3 is 10.4 Å². The van der Waals surface area contributed by atoms with Crippen LogP contribution in [-0.4, -0.2) is 23.7 Å². The first kappa shape index (κ1) is 16.5. The van der Waals surface area contributed by atoms with Gasteiger partial charge in [-0.2, -0.15) is 13.2 Å². The fourth-order valence-corrected chi connectivity index (χ4v) is 1.67. The summed E-state index contributed by atoms with van der Waals surface area (Å²) in [4.78, 5) is 11.3. The van der Waals surface area contributed by atoms with E-state index < -0.39 is 29.2 Å². The molecule has 0 aliphatic rings. The molecule has 0 saturated heterocycles. The highest BCUT2D eigenvalue weighted by Crippen LogP contribution is 2.31. The van der Waals surface area contributed by atoms with Gasteiger partial charge in [0.1, 0.15) is 6.10 Å². The Hall–Kier alpha value is -1.56. The molecule has 0 aliphatic carbocycles. The Morgan fingerprint density at radius 1 is 1.20 bits per heavy atom. The van der Waals surface area contributed by atoms with Crippen molar-refractivity contribution in [3.05, 3.63) is 35.4 Å². The molecule has 1 rings (SSSR count). The molecule has 0 aromatic heterocycles. The number of amides is 1. The van der Waals surface area contributed by atoms with Gasteiger partial charge in [0.15, 0.2) is 0 Å². The summed E-state index contributed by atoms with van der Waals surface area (Å²) in [7, 11) is 0. The van der Waals surface area contributed by atoms with E-state index in [1.54, 1.807) is 13.8 Å². The first-order valence-electron chi connectivity index (χ1n) is 6.17. The summed E-state index contributed by atoms with van der Waals surface area (Å²) < 4.78 is 37.4. The SMILES string of the molecule is CC(O)C(=O)NCC(C)(C)c1ccc(C(F)(F)F)cc1. The number of hydrogen-bond donors (Lipinski definition) is 2. The molecule has 0 heterocycles. The summed E-state index contributed by atoms with van der Waals surface area (Å²) in [6.07, 6.45) is -5.47. The van der Waals surface area contributed by atoms with Gasteiger partial charge in [0.05, 0.1) is 5.56 Å². The Bertz CT molecular complexity index is 464. The minimum Gasteiger partial charge on any atom is -0.384 e. The molecule has 0 fully saturated rings. The Morgan fingerprint density at radius 3 is 2.05 bits per heavy atom. The zero-order chi connectivity index (χ0) is 15.6. The first-order valence-corrected chi connectivity index (χ1v) is 6.17. The third-order valence-electron chi connectivity index (χ3n) is 3.08. The van der Waals surface area contributed by atoms with Crippen LogP contribution in [0.4, 0.5) is 13.2 Å². The maximum Gasteiger partial charge on any atom is 0.416 e. The first-order chi connectivity index (χ1) is 9.04. The smallest absolute Gasteiger partial charge is 0.384 e. The average Bonchev–Trinajstić information content (AvgIpc) is 2.35. The van der Waals surface area contributed by atoms with Gasteiger partial charge >= 0.3 is 6.18 Å². The standard InChI is InChI=1S/C14H18F3NO2/c1-9(19)12(20)18-8-13(2,3)10-4-6-11(7-5-10)14(15,16)17/h4-7,9,19H,8H2,1-3H3,(H,18,20). The van der Waals surface area contributed by atoms with Crippen LogP contribution in [0, 0.1) is 0 Å². The third-order valence-corrected chi connectivity index (χ3v) is 3.08. The highest BCUT2D eigenvalue weighted by Gasteiger charge is 2.31. The molecule has 1 aromatic carbocycles. The highest BCUT2D eigenvalue weighted by molar-refractivity contribution is 5.80. The van der Waals surface area contributed by atoms with Crippen LogP contribution in [0.25, 0.3) is 0 Å². The van der Waals surface area contributed by atoms with Crippen molar-refractivity contribution in [3.8, 4) is 0 Å². The second-order valence-electron chi connectivity index (χ2n) is 5.35. The van der Waals surface area contributed by atoms with E-state index in [2.05, 4.69) is 5.32 Å². The van der Waals surface area contributed by atoms with Gasteiger partial charge in [-0.1, -0.05) is 26.0 Å². The lowest BCUT2D eigenvalue weighted by Crippen LogP contribution is -2.40. The molecule has 1 aromatic rings. The van der Waals surface area contributed by atoms with Gasteiger partial charge in [0, 0.05) is 12.0 Å². The fraction of sp³-hybridized carbons (Fsp3) is 0.500. The minimum atomic E-state index is -4.36. The van der Waals surface area contributed by atoms with Crippen molar-refractivity contribution in [1.82, 2.24) is 5.32 Å². The molecular formula is C14H18F3NO2. The zero-order valence-electron chi connectivity index (χ0n) is 11.6. The zero-order valence-corrected chi connectivity index (χ0v) is 11.6. The lowest BCUT2D eigenvalue weighted by molar-refractivity contribution is -0.137. The van der Waals surface area contributed by atoms with Crippen molar-refractivity contribution in [2.24, 2.45) is 0 Å². The molecule has 1 amide bonds. The number of rotatable bonds is 4. The Balaban J connectivity index is 2.80. The minimum absolute atomic E-state index is 0.224. The maximum atomic E-state index is 12.5. The Kier molecular flexibility index (Phi) is 4.81. The van der Waals surface area contributed by atoms with E-state index in [0.29, 0.717) is 5.56 Å². The van der Waals surface area contributed by atoms with Crippen molar-refractivity contribution in [1.29, 1.82) is 0 Å². The predicted molar refractivity (Wildman–Crippen MR) is 69.2 cm³/mol. The van der Waals surface area contributed by atoms with E-state index in [1.165, 1.54) is 19.1 Å². The van der Waals surface area contributed by atoms with Gasteiger partial charge in [-0.05, 0) is 24.6 Å². The van der Waals surface area contributed by atoms with Crippen LogP contribution < -0.4 is 5.32 Å². The van der Waals surface area contributed by atoms with Gasteiger partial charge in [-0.15, -0.1) is 0 Å². The van der Waals surface area contributed by atoms with Crippen molar-refractivity contribution in [3.63, 3.8) is 0 Å². The fourth-order valence-electron chi connectivity index (χ4n) is 1.67. The molecule has 2 N–H and O–H groups in total. The maximum absolute atomic E-state index is 12.5. The molecule has 0 radical (unpaired) electrons. The van der Waals surface area contributed by atoms with E-state index in [1.807, 2.05) is 0 Å². The molecule has 0 saturated carbocycles. The van der Waals surface area contributed by atoms with E-state index in [4.69, 9.17) is 5.11 Å². The normalized spacial score (nSPS) is 13.9. The summed E-state index contributed by atoms with van der Waals surface area (Å²) in [6, 6.07) is 4.84. The second-order valence-corrected chi connectivity index (χ2v) is 5.35. The number of carbonyl (C=O) groups is 1. The molecule has 1 atom stereocenters. The second kappa shape index (κ2) is 5.83. The summed E-state index contributed by atoms with van der Waals surface area (Å²) in [5.74, 6) is -0.509. The molecule has 1 unspecified atom stereocenters. The quantitative estimate of drug-likeness (QED) is 0.894. The summed E-state index contributed by atoms with van der Waals surface area (Å²) in [5.41, 5.74) is -0.559. The van der Waals surface area contributed by atoms with Crippen LogP contribution in [0.1, 0.15) is 31.9 Å². The van der Waals surface area contributed by atoms with Gasteiger partial charge in [0.25, 0.3) is 0 Å². The topological polar surface area (TPSA) is 49.3 Å². The highest BCUT2D eigenvalue weighted by atomic mass is 19.4. The average molecular weight is 289 g/mol. The lowest BCUT2D eigenvalue weighted by atomic mass is 9.84. The van der Waals surface area contributed by atoms with Crippen LogP contribution in [0.2, 0.25) is 0 Å². The van der Waals surface area contributed by atoms with Gasteiger partial charge in [0.2, 0.25) is 5.91 Å². The summed E-state index contributed by atoms with van der Waals surface area (Å²) >= 11 is 0. The van der Waals surface area contributed by atoms with E-state index in [-0.39, 0.29) is 6.54 Å². The van der Waals surface area contributed by atoms with E-state index >= 15 is 0 Å².